The van der Waals surface area contributed by atoms with Crippen molar-refractivity contribution < 1.29 is 9.53 Å². The zero-order chi connectivity index (χ0) is 10.4. The lowest BCUT2D eigenvalue weighted by molar-refractivity contribution is -0.149. The van der Waals surface area contributed by atoms with Gasteiger partial charge in [-0.3, -0.25) is 4.79 Å². The molecule has 0 aliphatic heterocycles. The summed E-state index contributed by atoms with van der Waals surface area (Å²) >= 11 is 0. The van der Waals surface area contributed by atoms with Crippen molar-refractivity contribution in [2.45, 2.75) is 52.4 Å². The molecule has 1 unspecified atom stereocenters. The van der Waals surface area contributed by atoms with Gasteiger partial charge in [-0.15, -0.1) is 0 Å². The van der Waals surface area contributed by atoms with Gasteiger partial charge in [0.05, 0.1) is 12.5 Å². The average Bonchev–Trinajstić information content (AvgIpc) is 2.67. The molecule has 0 heterocycles. The molecule has 14 heavy (non-hydrogen) atoms. The van der Waals surface area contributed by atoms with Crippen molar-refractivity contribution in [2.24, 2.45) is 11.8 Å². The zero-order valence-electron chi connectivity index (χ0n) is 9.42. The quantitative estimate of drug-likeness (QED) is 0.634. The Balaban J connectivity index is 2.13. The van der Waals surface area contributed by atoms with Crippen LogP contribution in [0.25, 0.3) is 0 Å². The van der Waals surface area contributed by atoms with Gasteiger partial charge < -0.3 is 4.74 Å². The van der Waals surface area contributed by atoms with Crippen molar-refractivity contribution in [3.8, 4) is 0 Å². The van der Waals surface area contributed by atoms with Crippen LogP contribution >= 0.6 is 0 Å². The first kappa shape index (κ1) is 11.5. The molecule has 1 fully saturated rings. The fourth-order valence-corrected chi connectivity index (χ4v) is 2.08. The number of ether oxygens (including phenoxy) is 1. The van der Waals surface area contributed by atoms with Crippen molar-refractivity contribution in [3.05, 3.63) is 0 Å². The monoisotopic (exact) mass is 198 g/mol. The maximum absolute atomic E-state index is 11.5. The minimum atomic E-state index is 0.0467. The van der Waals surface area contributed by atoms with Gasteiger partial charge in [0.15, 0.2) is 0 Å². The smallest absolute Gasteiger partial charge is 0.308 e. The summed E-state index contributed by atoms with van der Waals surface area (Å²) in [7, 11) is 0. The molecule has 0 aromatic rings. The summed E-state index contributed by atoms with van der Waals surface area (Å²) in [5, 5.41) is 0. The highest BCUT2D eigenvalue weighted by Gasteiger charge is 2.24. The second kappa shape index (κ2) is 6.05. The van der Waals surface area contributed by atoms with E-state index in [0.717, 1.165) is 19.3 Å². The highest BCUT2D eigenvalue weighted by atomic mass is 16.5. The van der Waals surface area contributed by atoms with E-state index in [2.05, 4.69) is 13.8 Å². The Labute approximate surface area is 87.0 Å². The minimum absolute atomic E-state index is 0.0467. The first-order valence-electron chi connectivity index (χ1n) is 5.90. The molecule has 0 spiro atoms. The molecule has 0 bridgehead atoms. The van der Waals surface area contributed by atoms with Crippen LogP contribution in [0.5, 0.6) is 0 Å². The first-order chi connectivity index (χ1) is 6.74. The third-order valence-corrected chi connectivity index (χ3v) is 2.98. The lowest BCUT2D eigenvalue weighted by Gasteiger charge is -2.13. The van der Waals surface area contributed by atoms with E-state index in [-0.39, 0.29) is 11.9 Å². The van der Waals surface area contributed by atoms with Crippen molar-refractivity contribution in [1.29, 1.82) is 0 Å². The fourth-order valence-electron chi connectivity index (χ4n) is 2.08. The van der Waals surface area contributed by atoms with E-state index in [1.807, 2.05) is 0 Å². The Kier molecular flexibility index (Phi) is 4.99. The van der Waals surface area contributed by atoms with Crippen LogP contribution in [-0.2, 0) is 9.53 Å². The maximum atomic E-state index is 11.5. The summed E-state index contributed by atoms with van der Waals surface area (Å²) < 4.78 is 5.30. The lowest BCUT2D eigenvalue weighted by atomic mass is 10.1. The third-order valence-electron chi connectivity index (χ3n) is 2.98. The number of rotatable bonds is 5. The van der Waals surface area contributed by atoms with Crippen molar-refractivity contribution in [2.75, 3.05) is 6.61 Å². The van der Waals surface area contributed by atoms with Gasteiger partial charge in [-0.1, -0.05) is 33.1 Å². The molecule has 2 heteroatoms. The largest absolute Gasteiger partial charge is 0.465 e. The second-order valence-electron chi connectivity index (χ2n) is 4.51. The zero-order valence-corrected chi connectivity index (χ0v) is 9.42. The Bertz CT molecular complexity index is 171. The molecule has 1 aliphatic rings. The van der Waals surface area contributed by atoms with Gasteiger partial charge in [-0.05, 0) is 25.2 Å². The van der Waals surface area contributed by atoms with E-state index in [4.69, 9.17) is 4.74 Å². The van der Waals surface area contributed by atoms with Crippen LogP contribution in [0.3, 0.4) is 0 Å². The molecule has 0 aromatic carbocycles. The Morgan fingerprint density at radius 3 is 2.64 bits per heavy atom. The van der Waals surface area contributed by atoms with Crippen LogP contribution in [-0.4, -0.2) is 12.6 Å². The van der Waals surface area contributed by atoms with Crippen LogP contribution in [0, 0.1) is 11.8 Å². The molecular formula is C12H22O2. The summed E-state index contributed by atoms with van der Waals surface area (Å²) in [6.45, 7) is 4.92. The molecule has 0 amide bonds. The summed E-state index contributed by atoms with van der Waals surface area (Å²) in [6.07, 6.45) is 6.80. The molecular weight excluding hydrogens is 176 g/mol. The molecule has 0 N–H and O–H groups in total. The molecule has 2 nitrogen and oxygen atoms in total. The van der Waals surface area contributed by atoms with Gasteiger partial charge in [0, 0.05) is 0 Å². The fraction of sp³-hybridized carbons (Fsp3) is 0.917. The Morgan fingerprint density at radius 1 is 1.43 bits per heavy atom. The van der Waals surface area contributed by atoms with Gasteiger partial charge in [0.1, 0.15) is 0 Å². The number of carbonyl (C=O) groups excluding carboxylic acids is 1. The van der Waals surface area contributed by atoms with Crippen LogP contribution in [0.2, 0.25) is 0 Å². The van der Waals surface area contributed by atoms with E-state index in [9.17, 15) is 4.79 Å². The van der Waals surface area contributed by atoms with Crippen LogP contribution < -0.4 is 0 Å². The second-order valence-corrected chi connectivity index (χ2v) is 4.51. The molecule has 1 atom stereocenters. The third kappa shape index (κ3) is 3.69. The predicted molar refractivity (Wildman–Crippen MR) is 57.0 cm³/mol. The van der Waals surface area contributed by atoms with E-state index in [0.29, 0.717) is 12.5 Å². The molecule has 0 radical (unpaired) electrons. The van der Waals surface area contributed by atoms with Gasteiger partial charge in [-0.25, -0.2) is 0 Å². The molecule has 1 aliphatic carbocycles. The SMILES string of the molecule is CCCC(C)COC(=O)C1CCCC1. The van der Waals surface area contributed by atoms with Crippen LogP contribution in [0.1, 0.15) is 52.4 Å². The average molecular weight is 198 g/mol. The summed E-state index contributed by atoms with van der Waals surface area (Å²) in [6, 6.07) is 0. The topological polar surface area (TPSA) is 26.3 Å². The van der Waals surface area contributed by atoms with Crippen molar-refractivity contribution >= 4 is 5.97 Å². The van der Waals surface area contributed by atoms with Crippen molar-refractivity contribution in [1.82, 2.24) is 0 Å². The number of esters is 1. The molecule has 0 aromatic heterocycles. The normalized spacial score (nSPS) is 19.6. The van der Waals surface area contributed by atoms with Crippen molar-refractivity contribution in [3.63, 3.8) is 0 Å². The van der Waals surface area contributed by atoms with Gasteiger partial charge >= 0.3 is 5.97 Å². The first-order valence-corrected chi connectivity index (χ1v) is 5.90. The number of hydrogen-bond acceptors (Lipinski definition) is 2. The highest BCUT2D eigenvalue weighted by Crippen LogP contribution is 2.25. The minimum Gasteiger partial charge on any atom is -0.465 e. The van der Waals surface area contributed by atoms with Crippen LogP contribution in [0.4, 0.5) is 0 Å². The summed E-state index contributed by atoms with van der Waals surface area (Å²) in [4.78, 5) is 11.5. The Morgan fingerprint density at radius 2 is 2.07 bits per heavy atom. The van der Waals surface area contributed by atoms with E-state index >= 15 is 0 Å². The van der Waals surface area contributed by atoms with E-state index in [1.54, 1.807) is 0 Å². The summed E-state index contributed by atoms with van der Waals surface area (Å²) in [5.41, 5.74) is 0. The van der Waals surface area contributed by atoms with E-state index in [1.165, 1.54) is 19.3 Å². The molecule has 1 rings (SSSR count). The Hall–Kier alpha value is -0.530. The predicted octanol–water partition coefficient (Wildman–Crippen LogP) is 3.16. The van der Waals surface area contributed by atoms with Gasteiger partial charge in [0.25, 0.3) is 0 Å². The standard InChI is InChI=1S/C12H22O2/c1-3-6-10(2)9-14-12(13)11-7-4-5-8-11/h10-11H,3-9H2,1-2H3. The van der Waals surface area contributed by atoms with Gasteiger partial charge in [-0.2, -0.15) is 0 Å². The highest BCUT2D eigenvalue weighted by molar-refractivity contribution is 5.72. The lowest BCUT2D eigenvalue weighted by Crippen LogP contribution is -2.18. The van der Waals surface area contributed by atoms with E-state index < -0.39 is 0 Å². The van der Waals surface area contributed by atoms with Gasteiger partial charge in [0.2, 0.25) is 0 Å². The molecule has 0 saturated heterocycles. The molecule has 82 valence electrons. The van der Waals surface area contributed by atoms with Crippen LogP contribution in [0.15, 0.2) is 0 Å². The number of carbonyl (C=O) groups is 1. The molecule has 1 saturated carbocycles. The maximum Gasteiger partial charge on any atom is 0.308 e. The number of hydrogen-bond donors (Lipinski definition) is 0. The summed E-state index contributed by atoms with van der Waals surface area (Å²) in [5.74, 6) is 0.777.